The SMILES string of the molecule is COc1cccc2c1N=C(N)[NH2+]C2=NC(=N)C1CC1c1ccc2cnn(C)c2c1. The number of aryl methyl sites for hydroxylation is 1. The standard InChI is InChI=1S/C21H21N7O/c1-28-16-8-11(6-7-12(16)10-24-28)14-9-15(14)19(22)26-20-13-4-3-5-17(29-2)18(13)25-21(23)27-20/h3-8,10,14-15H,9H2,1-2H3,(H4,22,23,25,26,27)/p+1. The van der Waals surface area contributed by atoms with Gasteiger partial charge in [0.15, 0.2) is 0 Å². The van der Waals surface area contributed by atoms with E-state index in [1.54, 1.807) is 12.4 Å². The molecule has 2 aromatic carbocycles. The molecule has 2 heterocycles. The van der Waals surface area contributed by atoms with Gasteiger partial charge in [-0.05, 0) is 36.1 Å². The Morgan fingerprint density at radius 3 is 3.03 bits per heavy atom. The molecule has 1 aliphatic heterocycles. The van der Waals surface area contributed by atoms with Gasteiger partial charge < -0.3 is 10.5 Å². The summed E-state index contributed by atoms with van der Waals surface area (Å²) in [7, 11) is 3.55. The molecule has 1 aromatic heterocycles. The zero-order chi connectivity index (χ0) is 20.1. The molecular formula is C21H22N7O+. The number of rotatable bonds is 3. The Balaban J connectivity index is 1.42. The third kappa shape index (κ3) is 2.98. The Morgan fingerprint density at radius 2 is 2.21 bits per heavy atom. The van der Waals surface area contributed by atoms with Crippen molar-refractivity contribution in [2.75, 3.05) is 7.11 Å². The number of fused-ring (bicyclic) bond motifs is 2. The van der Waals surface area contributed by atoms with Crippen LogP contribution in [-0.2, 0) is 7.05 Å². The van der Waals surface area contributed by atoms with Gasteiger partial charge in [0.05, 0.1) is 24.4 Å². The molecule has 0 radical (unpaired) electrons. The fourth-order valence-electron chi connectivity index (χ4n) is 3.95. The second-order valence-corrected chi connectivity index (χ2v) is 7.45. The van der Waals surface area contributed by atoms with Gasteiger partial charge in [0.1, 0.15) is 17.3 Å². The van der Waals surface area contributed by atoms with E-state index >= 15 is 0 Å². The highest BCUT2D eigenvalue weighted by molar-refractivity contribution is 6.09. The van der Waals surface area contributed by atoms with Gasteiger partial charge in [0.25, 0.3) is 0 Å². The largest absolute Gasteiger partial charge is 0.494 e. The first-order valence-corrected chi connectivity index (χ1v) is 9.50. The van der Waals surface area contributed by atoms with Gasteiger partial charge >= 0.3 is 5.96 Å². The van der Waals surface area contributed by atoms with Crippen LogP contribution in [0.1, 0.15) is 23.5 Å². The van der Waals surface area contributed by atoms with Crippen LogP contribution in [0.5, 0.6) is 5.75 Å². The number of nitrogens with one attached hydrogen (secondary N) is 1. The Kier molecular flexibility index (Phi) is 3.95. The van der Waals surface area contributed by atoms with Gasteiger partial charge in [-0.15, -0.1) is 0 Å². The number of para-hydroxylation sites is 1. The zero-order valence-corrected chi connectivity index (χ0v) is 16.3. The number of hydrogen-bond acceptors (Lipinski definition) is 5. The molecule has 2 atom stereocenters. The summed E-state index contributed by atoms with van der Waals surface area (Å²) in [5.74, 6) is 2.45. The van der Waals surface area contributed by atoms with E-state index in [0.717, 1.165) is 22.9 Å². The lowest BCUT2D eigenvalue weighted by molar-refractivity contribution is -0.409. The molecule has 0 spiro atoms. The number of quaternary nitrogens is 1. The Bertz CT molecular complexity index is 1210. The average Bonchev–Trinajstić information content (AvgIpc) is 3.45. The Morgan fingerprint density at radius 1 is 1.34 bits per heavy atom. The number of nitrogens with zero attached hydrogens (tertiary/aromatic N) is 4. The van der Waals surface area contributed by atoms with Crippen LogP contribution in [0.4, 0.5) is 5.69 Å². The van der Waals surface area contributed by atoms with Crippen LogP contribution in [-0.4, -0.2) is 34.5 Å². The highest BCUT2D eigenvalue weighted by atomic mass is 16.5. The van der Waals surface area contributed by atoms with Crippen LogP contribution in [0, 0.1) is 11.3 Å². The number of hydrogen-bond donors (Lipinski definition) is 3. The normalized spacial score (nSPS) is 21.7. The molecule has 5 rings (SSSR count). The minimum Gasteiger partial charge on any atom is -0.494 e. The lowest BCUT2D eigenvalue weighted by Crippen LogP contribution is -2.95. The maximum atomic E-state index is 8.57. The number of amidine groups is 2. The van der Waals surface area contributed by atoms with Crippen molar-refractivity contribution in [3.63, 3.8) is 0 Å². The summed E-state index contributed by atoms with van der Waals surface area (Å²) in [6.07, 6.45) is 2.79. The molecule has 0 saturated heterocycles. The molecule has 8 nitrogen and oxygen atoms in total. The van der Waals surface area contributed by atoms with Crippen LogP contribution < -0.4 is 15.8 Å². The topological polar surface area (TPSA) is 118 Å². The molecule has 2 aliphatic rings. The lowest BCUT2D eigenvalue weighted by Gasteiger charge is -2.14. The summed E-state index contributed by atoms with van der Waals surface area (Å²) in [4.78, 5) is 9.00. The fraction of sp³-hybridized carbons (Fsp3) is 0.238. The van der Waals surface area contributed by atoms with Crippen LogP contribution in [0.2, 0.25) is 0 Å². The van der Waals surface area contributed by atoms with E-state index in [1.165, 1.54) is 5.56 Å². The van der Waals surface area contributed by atoms with E-state index in [4.69, 9.17) is 15.9 Å². The smallest absolute Gasteiger partial charge is 0.303 e. The minimum atomic E-state index is 0.107. The number of ether oxygens (including phenoxy) is 1. The summed E-state index contributed by atoms with van der Waals surface area (Å²) in [5, 5.41) is 15.7. The lowest BCUT2D eigenvalue weighted by atomic mass is 10.1. The number of guanidine groups is 1. The van der Waals surface area contributed by atoms with E-state index in [1.807, 2.05) is 36.1 Å². The highest BCUT2D eigenvalue weighted by Crippen LogP contribution is 2.49. The monoisotopic (exact) mass is 388 g/mol. The van der Waals surface area contributed by atoms with Crippen molar-refractivity contribution in [1.29, 1.82) is 5.41 Å². The summed E-state index contributed by atoms with van der Waals surface area (Å²) < 4.78 is 7.27. The summed E-state index contributed by atoms with van der Waals surface area (Å²) >= 11 is 0. The van der Waals surface area contributed by atoms with E-state index in [-0.39, 0.29) is 5.92 Å². The van der Waals surface area contributed by atoms with Crippen molar-refractivity contribution >= 4 is 34.2 Å². The first-order chi connectivity index (χ1) is 14.0. The Labute approximate surface area is 167 Å². The summed E-state index contributed by atoms with van der Waals surface area (Å²) in [6, 6.07) is 12.1. The van der Waals surface area contributed by atoms with Gasteiger partial charge in [-0.1, -0.05) is 18.2 Å². The van der Waals surface area contributed by atoms with Crippen molar-refractivity contribution < 1.29 is 10.1 Å². The van der Waals surface area contributed by atoms with E-state index in [9.17, 15) is 0 Å². The molecule has 2 unspecified atom stereocenters. The van der Waals surface area contributed by atoms with E-state index in [2.05, 4.69) is 33.3 Å². The van der Waals surface area contributed by atoms with Crippen molar-refractivity contribution in [3.05, 3.63) is 53.7 Å². The first-order valence-electron chi connectivity index (χ1n) is 9.50. The molecule has 0 amide bonds. The predicted molar refractivity (Wildman–Crippen MR) is 112 cm³/mol. The number of aromatic nitrogens is 2. The number of methoxy groups -OCH3 is 1. The van der Waals surface area contributed by atoms with Crippen molar-refractivity contribution in [2.24, 2.45) is 28.7 Å². The molecule has 146 valence electrons. The first kappa shape index (κ1) is 17.6. The maximum Gasteiger partial charge on any atom is 0.303 e. The van der Waals surface area contributed by atoms with E-state index < -0.39 is 0 Å². The van der Waals surface area contributed by atoms with Crippen LogP contribution in [0.3, 0.4) is 0 Å². The molecule has 0 bridgehead atoms. The maximum absolute atomic E-state index is 8.57. The molecule has 8 heteroatoms. The second-order valence-electron chi connectivity index (χ2n) is 7.45. The third-order valence-corrected chi connectivity index (χ3v) is 5.60. The summed E-state index contributed by atoms with van der Waals surface area (Å²) in [5.41, 5.74) is 9.81. The molecule has 29 heavy (non-hydrogen) atoms. The number of aliphatic imine (C=N–C) groups is 2. The van der Waals surface area contributed by atoms with E-state index in [0.29, 0.717) is 35.0 Å². The minimum absolute atomic E-state index is 0.107. The van der Waals surface area contributed by atoms with Gasteiger partial charge in [-0.3, -0.25) is 10.1 Å². The van der Waals surface area contributed by atoms with Gasteiger partial charge in [-0.25, -0.2) is 5.32 Å². The Hall–Kier alpha value is -3.52. The van der Waals surface area contributed by atoms with Gasteiger partial charge in [0.2, 0.25) is 5.84 Å². The molecule has 5 N–H and O–H groups in total. The third-order valence-electron chi connectivity index (χ3n) is 5.60. The van der Waals surface area contributed by atoms with Crippen molar-refractivity contribution in [2.45, 2.75) is 12.3 Å². The number of benzene rings is 2. The summed E-state index contributed by atoms with van der Waals surface area (Å²) in [6.45, 7) is 0. The predicted octanol–water partition coefficient (Wildman–Crippen LogP) is 1.63. The average molecular weight is 388 g/mol. The van der Waals surface area contributed by atoms with Crippen molar-refractivity contribution in [1.82, 2.24) is 9.78 Å². The zero-order valence-electron chi connectivity index (χ0n) is 16.3. The van der Waals surface area contributed by atoms with Crippen LogP contribution in [0.15, 0.2) is 52.6 Å². The van der Waals surface area contributed by atoms with Crippen LogP contribution in [0.25, 0.3) is 10.9 Å². The van der Waals surface area contributed by atoms with Gasteiger partial charge in [-0.2, -0.15) is 15.1 Å². The molecule has 1 fully saturated rings. The molecule has 1 saturated carbocycles. The molecular weight excluding hydrogens is 366 g/mol. The highest BCUT2D eigenvalue weighted by Gasteiger charge is 2.42. The molecule has 1 aliphatic carbocycles. The van der Waals surface area contributed by atoms with Crippen LogP contribution >= 0.6 is 0 Å². The number of nitrogens with two attached hydrogens (primary N) is 2. The second kappa shape index (κ2) is 6.52. The molecule has 3 aromatic rings. The van der Waals surface area contributed by atoms with Gasteiger partial charge in [0, 0.05) is 18.4 Å². The van der Waals surface area contributed by atoms with Crippen molar-refractivity contribution in [3.8, 4) is 5.75 Å². The quantitative estimate of drug-likeness (QED) is 0.467. The fourth-order valence-corrected chi connectivity index (χ4v) is 3.95.